The normalized spacial score (nSPS) is 19.6. The highest BCUT2D eigenvalue weighted by Crippen LogP contribution is 2.47. The first-order valence-corrected chi connectivity index (χ1v) is 16.4. The number of nitrogens with one attached hydrogen (secondary N) is 2. The second-order valence-corrected chi connectivity index (χ2v) is 13.0. The number of nitrogens with zero attached hydrogens (tertiary/aromatic N) is 3. The van der Waals surface area contributed by atoms with Gasteiger partial charge in [-0.1, -0.05) is 36.8 Å². The number of carbonyl (C=O) groups is 1. The zero-order chi connectivity index (χ0) is 31.1. The van der Waals surface area contributed by atoms with Crippen LogP contribution in [-0.4, -0.2) is 72.6 Å². The van der Waals surface area contributed by atoms with Gasteiger partial charge in [0.1, 0.15) is 16.8 Å². The fourth-order valence-corrected chi connectivity index (χ4v) is 7.53. The van der Waals surface area contributed by atoms with Gasteiger partial charge in [0.2, 0.25) is 5.43 Å². The second-order valence-electron chi connectivity index (χ2n) is 13.0. The summed E-state index contributed by atoms with van der Waals surface area (Å²) in [5, 5.41) is 8.24. The molecule has 2 unspecified atom stereocenters. The van der Waals surface area contributed by atoms with Crippen molar-refractivity contribution < 1.29 is 13.9 Å². The summed E-state index contributed by atoms with van der Waals surface area (Å²) in [4.78, 5) is 32.0. The molecule has 2 atom stereocenters. The summed E-state index contributed by atoms with van der Waals surface area (Å²) in [5.41, 5.74) is 0.890. The largest absolute Gasteiger partial charge is 0.450 e. The van der Waals surface area contributed by atoms with E-state index in [1.54, 1.807) is 6.20 Å². The molecule has 236 valence electrons. The maximum atomic E-state index is 15.9. The number of anilines is 1. The Bertz CT molecular complexity index is 1820. The summed E-state index contributed by atoms with van der Waals surface area (Å²) in [6.07, 6.45) is 10.2. The first kappa shape index (κ1) is 29.7. The van der Waals surface area contributed by atoms with E-state index in [1.807, 2.05) is 41.0 Å². The van der Waals surface area contributed by atoms with E-state index >= 15 is 4.39 Å². The molecule has 0 radical (unpaired) electrons. The van der Waals surface area contributed by atoms with Crippen LogP contribution in [-0.2, 0) is 0 Å². The van der Waals surface area contributed by atoms with Gasteiger partial charge in [0.25, 0.3) is 5.91 Å². The molecule has 2 N–H and O–H groups in total. The van der Waals surface area contributed by atoms with Gasteiger partial charge >= 0.3 is 0 Å². The summed E-state index contributed by atoms with van der Waals surface area (Å²) in [7, 11) is 4.30. The maximum absolute atomic E-state index is 15.9. The van der Waals surface area contributed by atoms with E-state index in [0.717, 1.165) is 56.0 Å². The molecule has 1 aromatic heterocycles. The van der Waals surface area contributed by atoms with Crippen LogP contribution in [0.25, 0.3) is 27.4 Å². The summed E-state index contributed by atoms with van der Waals surface area (Å²) in [5.74, 6) is -0.172. The number of carbonyl (C=O) groups excluding carboxylic acids is 1. The van der Waals surface area contributed by atoms with Crippen molar-refractivity contribution in [3.63, 3.8) is 0 Å². The van der Waals surface area contributed by atoms with Crippen LogP contribution < -0.4 is 20.8 Å². The van der Waals surface area contributed by atoms with E-state index in [1.165, 1.54) is 25.3 Å². The van der Waals surface area contributed by atoms with Gasteiger partial charge < -0.3 is 29.7 Å². The lowest BCUT2D eigenvalue weighted by Crippen LogP contribution is -2.31. The molecule has 8 nitrogen and oxygen atoms in total. The molecule has 3 aromatic carbocycles. The highest BCUT2D eigenvalue weighted by molar-refractivity contribution is 6.03. The number of hydrogen-bond acceptors (Lipinski definition) is 6. The Morgan fingerprint density at radius 1 is 0.933 bits per heavy atom. The smallest absolute Gasteiger partial charge is 0.256 e. The number of amides is 1. The van der Waals surface area contributed by atoms with Gasteiger partial charge in [-0.25, -0.2) is 4.39 Å². The van der Waals surface area contributed by atoms with Gasteiger partial charge in [-0.2, -0.15) is 0 Å². The van der Waals surface area contributed by atoms with Crippen LogP contribution in [0.3, 0.4) is 0 Å². The number of aromatic nitrogens is 1. The fourth-order valence-electron chi connectivity index (χ4n) is 7.53. The lowest BCUT2D eigenvalue weighted by molar-refractivity contribution is 0.0951. The molecule has 2 fully saturated rings. The van der Waals surface area contributed by atoms with E-state index in [9.17, 15) is 9.59 Å². The first-order chi connectivity index (χ1) is 21.9. The molecule has 0 bridgehead atoms. The summed E-state index contributed by atoms with van der Waals surface area (Å²) in [6.45, 7) is 3.28. The molecule has 3 aliphatic rings. The zero-order valence-electron chi connectivity index (χ0n) is 26.2. The topological polar surface area (TPSA) is 78.8 Å². The third-order valence-corrected chi connectivity index (χ3v) is 10.1. The highest BCUT2D eigenvalue weighted by atomic mass is 19.1. The van der Waals surface area contributed by atoms with Crippen LogP contribution in [0.4, 0.5) is 10.1 Å². The monoisotopic (exact) mass is 611 g/mol. The van der Waals surface area contributed by atoms with E-state index in [-0.39, 0.29) is 22.4 Å². The lowest BCUT2D eigenvalue weighted by atomic mass is 10.0. The van der Waals surface area contributed by atoms with Crippen molar-refractivity contribution in [2.45, 2.75) is 63.5 Å². The number of rotatable bonds is 10. The number of unbranched alkanes of at least 4 members (excludes halogenated alkanes) is 1. The van der Waals surface area contributed by atoms with E-state index < -0.39 is 17.2 Å². The number of likely N-dealkylation sites (tertiary alicyclic amines) is 2. The standard InChI is InChI=1S/C36H42FN5O3/c1-40-19-7-11-24(40)10-5-6-17-39-36(44)28-22-42-30-15-14-23-9-3-4-13-26(23)34(30)45-35-31(29(37)21-27(32(35)42)33(28)43)38-18-16-25-12-8-20-41(25)2/h3-4,9,13-15,21-22,24-25,38H,5-8,10-12,16-20H2,1-2H3,(H,39,44). The fraction of sp³-hybridized carbons (Fsp3) is 0.444. The van der Waals surface area contributed by atoms with Crippen molar-refractivity contribution in [2.75, 3.05) is 45.6 Å². The number of pyridine rings is 1. The van der Waals surface area contributed by atoms with E-state index in [4.69, 9.17) is 4.74 Å². The molecule has 1 amide bonds. The molecule has 0 aliphatic carbocycles. The summed E-state index contributed by atoms with van der Waals surface area (Å²) in [6, 6.07) is 14.1. The Labute approximate surface area is 263 Å². The van der Waals surface area contributed by atoms with Crippen molar-refractivity contribution >= 4 is 33.3 Å². The first-order valence-electron chi connectivity index (χ1n) is 16.4. The molecule has 3 aliphatic heterocycles. The molecule has 4 heterocycles. The Morgan fingerprint density at radius 2 is 1.69 bits per heavy atom. The minimum Gasteiger partial charge on any atom is -0.450 e. The van der Waals surface area contributed by atoms with Gasteiger partial charge in [0.15, 0.2) is 17.3 Å². The Balaban J connectivity index is 1.22. The number of benzene rings is 3. The predicted molar refractivity (Wildman–Crippen MR) is 178 cm³/mol. The van der Waals surface area contributed by atoms with Crippen LogP contribution in [0.2, 0.25) is 0 Å². The SMILES string of the molecule is CN1CCCC1CCCCNC(=O)c1cn2c3c(c(NCCC4CCCN4C)c(F)cc3c1=O)Oc1c-2ccc2ccccc12. The van der Waals surface area contributed by atoms with Crippen LogP contribution >= 0.6 is 0 Å². The molecule has 45 heavy (non-hydrogen) atoms. The molecule has 0 saturated carbocycles. The summed E-state index contributed by atoms with van der Waals surface area (Å²) < 4.78 is 24.3. The minimum atomic E-state index is -0.570. The average Bonchev–Trinajstić information content (AvgIpc) is 3.65. The van der Waals surface area contributed by atoms with E-state index in [2.05, 4.69) is 34.5 Å². The number of hydrogen-bond donors (Lipinski definition) is 2. The van der Waals surface area contributed by atoms with Gasteiger partial charge in [0, 0.05) is 36.8 Å². The predicted octanol–water partition coefficient (Wildman–Crippen LogP) is 6.28. The number of halogens is 1. The van der Waals surface area contributed by atoms with Crippen molar-refractivity contribution in [3.05, 3.63) is 70.3 Å². The quantitative estimate of drug-likeness (QED) is 0.181. The average molecular weight is 612 g/mol. The van der Waals surface area contributed by atoms with Crippen molar-refractivity contribution in [3.8, 4) is 17.2 Å². The Kier molecular flexibility index (Phi) is 8.23. The molecule has 4 aromatic rings. The highest BCUT2D eigenvalue weighted by Gasteiger charge is 2.30. The van der Waals surface area contributed by atoms with Gasteiger partial charge in [-0.3, -0.25) is 9.59 Å². The third kappa shape index (κ3) is 5.57. The van der Waals surface area contributed by atoms with Gasteiger partial charge in [-0.05, 0) is 89.6 Å². The zero-order valence-corrected chi connectivity index (χ0v) is 26.2. The maximum Gasteiger partial charge on any atom is 0.256 e. The Hall–Kier alpha value is -3.95. The number of ether oxygens (including phenoxy) is 1. The minimum absolute atomic E-state index is 0.00522. The third-order valence-electron chi connectivity index (χ3n) is 10.1. The van der Waals surface area contributed by atoms with Crippen molar-refractivity contribution in [1.82, 2.24) is 19.7 Å². The molecule has 7 rings (SSSR count). The van der Waals surface area contributed by atoms with Crippen molar-refractivity contribution in [1.29, 1.82) is 0 Å². The Morgan fingerprint density at radius 3 is 2.44 bits per heavy atom. The van der Waals surface area contributed by atoms with Gasteiger partial charge in [-0.15, -0.1) is 0 Å². The summed E-state index contributed by atoms with van der Waals surface area (Å²) >= 11 is 0. The molecule has 0 spiro atoms. The van der Waals surface area contributed by atoms with Crippen LogP contribution in [0, 0.1) is 5.82 Å². The van der Waals surface area contributed by atoms with Crippen molar-refractivity contribution in [2.24, 2.45) is 0 Å². The lowest BCUT2D eigenvalue weighted by Gasteiger charge is -2.27. The van der Waals surface area contributed by atoms with Crippen LogP contribution in [0.1, 0.15) is 61.7 Å². The van der Waals surface area contributed by atoms with Gasteiger partial charge in [0.05, 0.1) is 11.1 Å². The molecular weight excluding hydrogens is 569 g/mol. The van der Waals surface area contributed by atoms with E-state index in [0.29, 0.717) is 42.1 Å². The molecule has 9 heteroatoms. The molecular formula is C36H42FN5O3. The molecule has 2 saturated heterocycles. The second kappa shape index (κ2) is 12.4. The number of fused-ring (bicyclic) bond motifs is 4. The van der Waals surface area contributed by atoms with Crippen LogP contribution in [0.5, 0.6) is 11.5 Å². The van der Waals surface area contributed by atoms with Crippen LogP contribution in [0.15, 0.2) is 53.5 Å².